The van der Waals surface area contributed by atoms with E-state index in [-0.39, 0.29) is 24.6 Å². The number of hydrogen-bond donors (Lipinski definition) is 1. The van der Waals surface area contributed by atoms with Gasteiger partial charge in [-0.15, -0.1) is 0 Å². The van der Waals surface area contributed by atoms with Crippen LogP contribution in [0.5, 0.6) is 0 Å². The quantitative estimate of drug-likeness (QED) is 0.857. The largest absolute Gasteiger partial charge is 0.324 e. The van der Waals surface area contributed by atoms with Crippen LogP contribution in [0.4, 0.5) is 20.2 Å². The molecule has 1 N–H and O–H groups in total. The Morgan fingerprint density at radius 3 is 2.48 bits per heavy atom. The zero-order chi connectivity index (χ0) is 18.6. The van der Waals surface area contributed by atoms with E-state index in [1.165, 1.54) is 11.8 Å². The van der Waals surface area contributed by atoms with Crippen LogP contribution in [0, 0.1) is 18.6 Å². The lowest BCUT2D eigenvalue weighted by Crippen LogP contribution is -2.32. The second-order valence-electron chi connectivity index (χ2n) is 5.52. The molecule has 0 aliphatic rings. The Hall–Kier alpha value is -2.47. The molecule has 0 bridgehead atoms. The molecule has 0 atom stereocenters. The highest BCUT2D eigenvalue weighted by Crippen LogP contribution is 2.24. The van der Waals surface area contributed by atoms with E-state index in [1.807, 2.05) is 6.92 Å². The maximum atomic E-state index is 13.6. The predicted octanol–water partition coefficient (Wildman–Crippen LogP) is 4.31. The van der Waals surface area contributed by atoms with E-state index in [0.29, 0.717) is 16.8 Å². The van der Waals surface area contributed by atoms with Gasteiger partial charge in [0.05, 0.1) is 5.69 Å². The average Bonchev–Trinajstić information content (AvgIpc) is 2.52. The van der Waals surface area contributed by atoms with Gasteiger partial charge in [-0.25, -0.2) is 8.78 Å². The highest BCUT2D eigenvalue weighted by atomic mass is 35.5. The number of nitrogens with zero attached hydrogens (tertiary/aromatic N) is 1. The maximum absolute atomic E-state index is 13.6. The van der Waals surface area contributed by atoms with E-state index in [9.17, 15) is 18.4 Å². The van der Waals surface area contributed by atoms with Crippen LogP contribution in [0.1, 0.15) is 18.9 Å². The first-order valence-corrected chi connectivity index (χ1v) is 7.95. The van der Waals surface area contributed by atoms with Crippen LogP contribution < -0.4 is 10.2 Å². The SMILES string of the molecule is CC(=O)N(CCC(=O)Nc1ccc(F)cc1F)c1ccc(Cl)cc1C. The Labute approximate surface area is 149 Å². The molecule has 132 valence electrons. The molecule has 0 fully saturated rings. The van der Waals surface area contributed by atoms with Crippen molar-refractivity contribution in [3.8, 4) is 0 Å². The summed E-state index contributed by atoms with van der Waals surface area (Å²) in [7, 11) is 0. The van der Waals surface area contributed by atoms with Gasteiger partial charge in [0.25, 0.3) is 0 Å². The molecule has 0 aliphatic heterocycles. The predicted molar refractivity (Wildman–Crippen MR) is 93.8 cm³/mol. The summed E-state index contributed by atoms with van der Waals surface area (Å²) < 4.78 is 26.4. The summed E-state index contributed by atoms with van der Waals surface area (Å²) in [5.74, 6) is -2.30. The van der Waals surface area contributed by atoms with Gasteiger partial charge in [-0.1, -0.05) is 11.6 Å². The third-order valence-corrected chi connectivity index (χ3v) is 3.83. The molecule has 7 heteroatoms. The second kappa shape index (κ2) is 8.07. The van der Waals surface area contributed by atoms with E-state index < -0.39 is 17.5 Å². The summed E-state index contributed by atoms with van der Waals surface area (Å²) in [6.45, 7) is 3.32. The van der Waals surface area contributed by atoms with Gasteiger partial charge in [-0.05, 0) is 42.8 Å². The van der Waals surface area contributed by atoms with E-state index in [1.54, 1.807) is 18.2 Å². The molecule has 0 aliphatic carbocycles. The number of amides is 2. The number of nitrogens with one attached hydrogen (secondary N) is 1. The van der Waals surface area contributed by atoms with E-state index in [2.05, 4.69) is 5.32 Å². The van der Waals surface area contributed by atoms with Crippen molar-refractivity contribution in [1.82, 2.24) is 0 Å². The molecule has 0 saturated heterocycles. The molecule has 4 nitrogen and oxygen atoms in total. The first-order valence-electron chi connectivity index (χ1n) is 7.57. The van der Waals surface area contributed by atoms with Crippen molar-refractivity contribution in [1.29, 1.82) is 0 Å². The highest BCUT2D eigenvalue weighted by molar-refractivity contribution is 6.30. The fourth-order valence-electron chi connectivity index (χ4n) is 2.39. The first kappa shape index (κ1) is 18.9. The van der Waals surface area contributed by atoms with Crippen LogP contribution in [0.2, 0.25) is 5.02 Å². The molecule has 2 rings (SSSR count). The van der Waals surface area contributed by atoms with Gasteiger partial charge >= 0.3 is 0 Å². The second-order valence-corrected chi connectivity index (χ2v) is 5.96. The number of rotatable bonds is 5. The third-order valence-electron chi connectivity index (χ3n) is 3.60. The summed E-state index contributed by atoms with van der Waals surface area (Å²) in [5, 5.41) is 2.92. The zero-order valence-electron chi connectivity index (χ0n) is 13.8. The van der Waals surface area contributed by atoms with Crippen molar-refractivity contribution in [2.75, 3.05) is 16.8 Å². The Kier molecular flexibility index (Phi) is 6.09. The highest BCUT2D eigenvalue weighted by Gasteiger charge is 2.16. The third kappa shape index (κ3) is 5.00. The number of carbonyl (C=O) groups excluding carboxylic acids is 2. The summed E-state index contributed by atoms with van der Waals surface area (Å²) >= 11 is 5.92. The van der Waals surface area contributed by atoms with Crippen LogP contribution in [0.15, 0.2) is 36.4 Å². The van der Waals surface area contributed by atoms with Crippen molar-refractivity contribution in [2.45, 2.75) is 20.3 Å². The minimum Gasteiger partial charge on any atom is -0.324 e. The Bertz CT molecular complexity index is 812. The van der Waals surface area contributed by atoms with Crippen LogP contribution in [0.25, 0.3) is 0 Å². The average molecular weight is 367 g/mol. The molecular weight excluding hydrogens is 350 g/mol. The fourth-order valence-corrected chi connectivity index (χ4v) is 2.61. The van der Waals surface area contributed by atoms with Gasteiger partial charge in [0.1, 0.15) is 11.6 Å². The van der Waals surface area contributed by atoms with E-state index in [4.69, 9.17) is 11.6 Å². The maximum Gasteiger partial charge on any atom is 0.226 e. The van der Waals surface area contributed by atoms with Crippen molar-refractivity contribution in [3.63, 3.8) is 0 Å². The first-order chi connectivity index (χ1) is 11.8. The summed E-state index contributed by atoms with van der Waals surface area (Å²) in [4.78, 5) is 25.4. The van der Waals surface area contributed by atoms with Crippen molar-refractivity contribution >= 4 is 34.8 Å². The number of anilines is 2. The number of aryl methyl sites for hydroxylation is 1. The van der Waals surface area contributed by atoms with Gasteiger partial charge in [0.15, 0.2) is 0 Å². The fraction of sp³-hybridized carbons (Fsp3) is 0.222. The Morgan fingerprint density at radius 2 is 1.88 bits per heavy atom. The lowest BCUT2D eigenvalue weighted by Gasteiger charge is -2.23. The smallest absolute Gasteiger partial charge is 0.226 e. The molecule has 2 aromatic carbocycles. The normalized spacial score (nSPS) is 10.4. The Morgan fingerprint density at radius 1 is 1.16 bits per heavy atom. The minimum absolute atomic E-state index is 0.0432. The lowest BCUT2D eigenvalue weighted by atomic mass is 10.1. The molecule has 0 unspecified atom stereocenters. The number of benzene rings is 2. The standard InChI is InChI=1S/C18H17ClF2N2O2/c1-11-9-13(19)3-6-17(11)23(12(2)24)8-7-18(25)22-16-5-4-14(20)10-15(16)21/h3-6,9-10H,7-8H2,1-2H3,(H,22,25). The lowest BCUT2D eigenvalue weighted by molar-refractivity contribution is -0.117. The van der Waals surface area contributed by atoms with E-state index in [0.717, 1.165) is 17.7 Å². The number of hydrogen-bond acceptors (Lipinski definition) is 2. The number of halogens is 3. The molecule has 0 saturated carbocycles. The van der Waals surface area contributed by atoms with Crippen LogP contribution >= 0.6 is 11.6 Å². The van der Waals surface area contributed by atoms with Gasteiger partial charge < -0.3 is 10.2 Å². The molecular formula is C18H17ClF2N2O2. The Balaban J connectivity index is 2.05. The zero-order valence-corrected chi connectivity index (χ0v) is 14.5. The monoisotopic (exact) mass is 366 g/mol. The number of carbonyl (C=O) groups is 2. The summed E-state index contributed by atoms with van der Waals surface area (Å²) in [5.41, 5.74) is 1.34. The topological polar surface area (TPSA) is 49.4 Å². The minimum atomic E-state index is -0.856. The van der Waals surface area contributed by atoms with Crippen molar-refractivity contribution in [3.05, 3.63) is 58.6 Å². The van der Waals surface area contributed by atoms with Crippen LogP contribution in [-0.4, -0.2) is 18.4 Å². The van der Waals surface area contributed by atoms with Gasteiger partial charge in [0.2, 0.25) is 11.8 Å². The molecule has 0 radical (unpaired) electrons. The summed E-state index contributed by atoms with van der Waals surface area (Å²) in [6, 6.07) is 7.98. The van der Waals surface area contributed by atoms with Gasteiger partial charge in [-0.2, -0.15) is 0 Å². The summed E-state index contributed by atoms with van der Waals surface area (Å²) in [6.07, 6.45) is -0.0432. The van der Waals surface area contributed by atoms with Gasteiger partial charge in [0, 0.05) is 36.7 Å². The van der Waals surface area contributed by atoms with Crippen molar-refractivity contribution < 1.29 is 18.4 Å². The van der Waals surface area contributed by atoms with Crippen LogP contribution in [-0.2, 0) is 9.59 Å². The molecule has 2 amide bonds. The molecule has 2 aromatic rings. The van der Waals surface area contributed by atoms with Gasteiger partial charge in [-0.3, -0.25) is 9.59 Å². The van der Waals surface area contributed by atoms with Crippen LogP contribution in [0.3, 0.4) is 0 Å². The molecule has 25 heavy (non-hydrogen) atoms. The molecule has 0 spiro atoms. The molecule has 0 aromatic heterocycles. The molecule has 0 heterocycles. The van der Waals surface area contributed by atoms with E-state index >= 15 is 0 Å². The van der Waals surface area contributed by atoms with Crippen molar-refractivity contribution in [2.24, 2.45) is 0 Å².